The number of hydrogen-bond donors (Lipinski definition) is 1. The van der Waals surface area contributed by atoms with Crippen LogP contribution in [-0.2, 0) is 22.5 Å². The van der Waals surface area contributed by atoms with Crippen LogP contribution in [0.3, 0.4) is 0 Å². The number of fused-ring (bicyclic) bond motifs is 1. The van der Waals surface area contributed by atoms with E-state index in [0.717, 1.165) is 53.3 Å². The van der Waals surface area contributed by atoms with E-state index in [1.165, 1.54) is 0 Å². The van der Waals surface area contributed by atoms with Gasteiger partial charge in [0.05, 0.1) is 11.8 Å². The summed E-state index contributed by atoms with van der Waals surface area (Å²) in [6, 6.07) is 9.14. The smallest absolute Gasteiger partial charge is 0.223 e. The van der Waals surface area contributed by atoms with Crippen molar-refractivity contribution in [2.75, 3.05) is 13.2 Å². The molecule has 1 saturated heterocycles. The Bertz CT molecular complexity index is 1090. The van der Waals surface area contributed by atoms with E-state index in [4.69, 9.17) is 4.74 Å². The van der Waals surface area contributed by atoms with Crippen LogP contribution < -0.4 is 0 Å². The molecule has 1 N–H and O–H groups in total. The molecule has 1 amide bonds. The van der Waals surface area contributed by atoms with Crippen LogP contribution in [0.2, 0.25) is 0 Å². The number of aryl methyl sites for hydroxylation is 3. The van der Waals surface area contributed by atoms with E-state index in [-0.39, 0.29) is 17.8 Å². The van der Waals surface area contributed by atoms with Crippen molar-refractivity contribution in [2.24, 2.45) is 0 Å². The molecule has 0 spiro atoms. The highest BCUT2D eigenvalue weighted by Gasteiger charge is 2.24. The zero-order valence-electron chi connectivity index (χ0n) is 18.5. The maximum absolute atomic E-state index is 13.3. The van der Waals surface area contributed by atoms with Crippen molar-refractivity contribution in [3.05, 3.63) is 58.5 Å². The molecule has 2 aromatic heterocycles. The van der Waals surface area contributed by atoms with Crippen molar-refractivity contribution >= 4 is 11.6 Å². The van der Waals surface area contributed by atoms with Gasteiger partial charge in [-0.2, -0.15) is 5.10 Å². The Morgan fingerprint density at radius 3 is 2.84 bits per heavy atom. The lowest BCUT2D eigenvalue weighted by Gasteiger charge is -2.26. The molecule has 4 rings (SSSR count). The zero-order valence-corrected chi connectivity index (χ0v) is 18.5. The third kappa shape index (κ3) is 4.71. The Kier molecular flexibility index (Phi) is 6.23. The van der Waals surface area contributed by atoms with Gasteiger partial charge in [0.1, 0.15) is 5.75 Å². The number of nitrogens with zero attached hydrogens (tertiary/aromatic N) is 4. The van der Waals surface area contributed by atoms with Crippen LogP contribution in [0.5, 0.6) is 5.75 Å². The number of carbonyl (C=O) groups is 1. The average Bonchev–Trinajstić information content (AvgIpc) is 3.38. The van der Waals surface area contributed by atoms with E-state index in [1.54, 1.807) is 12.1 Å². The summed E-state index contributed by atoms with van der Waals surface area (Å²) in [6.45, 7) is 7.63. The molecule has 0 saturated carbocycles. The van der Waals surface area contributed by atoms with Gasteiger partial charge in [0.2, 0.25) is 5.91 Å². The second kappa shape index (κ2) is 9.06. The van der Waals surface area contributed by atoms with Crippen LogP contribution in [0, 0.1) is 20.8 Å². The predicted octanol–water partition coefficient (Wildman–Crippen LogP) is 3.50. The molecule has 7 nitrogen and oxygen atoms in total. The molecular formula is C24H30N4O3. The molecular weight excluding hydrogens is 392 g/mol. The summed E-state index contributed by atoms with van der Waals surface area (Å²) in [6.07, 6.45) is 3.01. The lowest BCUT2D eigenvalue weighted by molar-refractivity contribution is -0.133. The second-order valence-electron chi connectivity index (χ2n) is 8.35. The first-order valence-electron chi connectivity index (χ1n) is 10.9. The van der Waals surface area contributed by atoms with E-state index in [0.29, 0.717) is 25.9 Å². The van der Waals surface area contributed by atoms with Crippen LogP contribution in [-0.4, -0.2) is 49.8 Å². The standard InChI is InChI=1S/C24H30N4O3/c1-16-13-23-25-17(2)21(18(3)28(23)26-16)10-11-24(30)27(15-20-8-6-12-31-20)14-19-7-4-5-9-22(19)29/h4-5,7,9,13,20,29H,6,8,10-12,14-15H2,1-3H3. The number of amides is 1. The van der Waals surface area contributed by atoms with Gasteiger partial charge in [0.25, 0.3) is 0 Å². The van der Waals surface area contributed by atoms with Gasteiger partial charge in [-0.15, -0.1) is 0 Å². The van der Waals surface area contributed by atoms with Gasteiger partial charge >= 0.3 is 0 Å². The van der Waals surface area contributed by atoms with Crippen molar-refractivity contribution < 1.29 is 14.6 Å². The molecule has 0 radical (unpaired) electrons. The molecule has 1 fully saturated rings. The number of hydrogen-bond acceptors (Lipinski definition) is 5. The summed E-state index contributed by atoms with van der Waals surface area (Å²) in [5.74, 6) is 0.261. The maximum atomic E-state index is 13.3. The van der Waals surface area contributed by atoms with Crippen LogP contribution >= 0.6 is 0 Å². The van der Waals surface area contributed by atoms with E-state index in [1.807, 2.05) is 48.4 Å². The molecule has 1 aliphatic heterocycles. The summed E-state index contributed by atoms with van der Waals surface area (Å²) in [7, 11) is 0. The molecule has 0 aliphatic carbocycles. The quantitative estimate of drug-likeness (QED) is 0.630. The number of para-hydroxylation sites is 1. The molecule has 0 bridgehead atoms. The molecule has 3 heterocycles. The summed E-state index contributed by atoms with van der Waals surface area (Å²) >= 11 is 0. The van der Waals surface area contributed by atoms with Crippen molar-refractivity contribution in [1.29, 1.82) is 0 Å². The number of aromatic nitrogens is 3. The average molecular weight is 423 g/mol. The first-order chi connectivity index (χ1) is 14.9. The molecule has 1 unspecified atom stereocenters. The highest BCUT2D eigenvalue weighted by atomic mass is 16.5. The van der Waals surface area contributed by atoms with Crippen LogP contribution in [0.15, 0.2) is 30.3 Å². The molecule has 1 atom stereocenters. The summed E-state index contributed by atoms with van der Waals surface area (Å²) in [4.78, 5) is 19.7. The minimum Gasteiger partial charge on any atom is -0.508 e. The number of rotatable bonds is 7. The van der Waals surface area contributed by atoms with E-state index in [2.05, 4.69) is 10.1 Å². The summed E-state index contributed by atoms with van der Waals surface area (Å²) < 4.78 is 7.63. The number of aromatic hydroxyl groups is 1. The zero-order chi connectivity index (χ0) is 22.0. The fourth-order valence-electron chi connectivity index (χ4n) is 4.33. The number of phenolic OH excluding ortho intramolecular Hbond substituents is 1. The molecule has 1 aromatic carbocycles. The van der Waals surface area contributed by atoms with Gasteiger partial charge < -0.3 is 14.7 Å². The first-order valence-corrected chi connectivity index (χ1v) is 10.9. The Labute approximate surface area is 182 Å². The Morgan fingerprint density at radius 1 is 1.29 bits per heavy atom. The van der Waals surface area contributed by atoms with Gasteiger partial charge in [-0.3, -0.25) is 4.79 Å². The topological polar surface area (TPSA) is 80.0 Å². The minimum atomic E-state index is 0.0503. The van der Waals surface area contributed by atoms with E-state index < -0.39 is 0 Å². The van der Waals surface area contributed by atoms with Crippen molar-refractivity contribution in [2.45, 2.75) is 59.1 Å². The fourth-order valence-corrected chi connectivity index (χ4v) is 4.33. The number of phenols is 1. The SMILES string of the molecule is Cc1cc2nc(C)c(CCC(=O)N(Cc3ccccc3O)CC3CCCO3)c(C)n2n1. The second-order valence-corrected chi connectivity index (χ2v) is 8.35. The lowest BCUT2D eigenvalue weighted by atomic mass is 10.1. The Balaban J connectivity index is 1.51. The normalized spacial score (nSPS) is 16.2. The molecule has 7 heteroatoms. The van der Waals surface area contributed by atoms with Gasteiger partial charge in [-0.25, -0.2) is 9.50 Å². The summed E-state index contributed by atoms with van der Waals surface area (Å²) in [5, 5.41) is 14.7. The lowest BCUT2D eigenvalue weighted by Crippen LogP contribution is -2.37. The first kappa shape index (κ1) is 21.3. The minimum absolute atomic E-state index is 0.0503. The van der Waals surface area contributed by atoms with Crippen LogP contribution in [0.1, 0.15) is 47.5 Å². The van der Waals surface area contributed by atoms with Crippen molar-refractivity contribution in [1.82, 2.24) is 19.5 Å². The summed E-state index contributed by atoms with van der Waals surface area (Å²) in [5.41, 5.74) is 5.52. The Hall–Kier alpha value is -2.93. The third-order valence-electron chi connectivity index (χ3n) is 6.03. The van der Waals surface area contributed by atoms with Gasteiger partial charge in [0.15, 0.2) is 5.65 Å². The van der Waals surface area contributed by atoms with Crippen molar-refractivity contribution in [3.63, 3.8) is 0 Å². The molecule has 3 aromatic rings. The molecule has 164 valence electrons. The van der Waals surface area contributed by atoms with Crippen molar-refractivity contribution in [3.8, 4) is 5.75 Å². The van der Waals surface area contributed by atoms with Crippen LogP contribution in [0.25, 0.3) is 5.65 Å². The number of ether oxygens (including phenoxy) is 1. The van der Waals surface area contributed by atoms with Gasteiger partial charge in [0, 0.05) is 49.1 Å². The maximum Gasteiger partial charge on any atom is 0.223 e. The highest BCUT2D eigenvalue weighted by molar-refractivity contribution is 5.76. The van der Waals surface area contributed by atoms with E-state index in [9.17, 15) is 9.90 Å². The highest BCUT2D eigenvalue weighted by Crippen LogP contribution is 2.22. The number of carbonyl (C=O) groups excluding carboxylic acids is 1. The molecule has 1 aliphatic rings. The Morgan fingerprint density at radius 2 is 2.10 bits per heavy atom. The third-order valence-corrected chi connectivity index (χ3v) is 6.03. The number of benzene rings is 1. The fraction of sp³-hybridized carbons (Fsp3) is 0.458. The van der Waals surface area contributed by atoms with Gasteiger partial charge in [-0.05, 0) is 51.7 Å². The van der Waals surface area contributed by atoms with Gasteiger partial charge in [-0.1, -0.05) is 18.2 Å². The largest absolute Gasteiger partial charge is 0.508 e. The van der Waals surface area contributed by atoms with Crippen LogP contribution in [0.4, 0.5) is 0 Å². The predicted molar refractivity (Wildman–Crippen MR) is 118 cm³/mol. The van der Waals surface area contributed by atoms with E-state index >= 15 is 0 Å². The monoisotopic (exact) mass is 422 g/mol. The molecule has 31 heavy (non-hydrogen) atoms.